The van der Waals surface area contributed by atoms with Gasteiger partial charge in [0.2, 0.25) is 0 Å². The topological polar surface area (TPSA) is 53.2 Å². The van der Waals surface area contributed by atoms with Gasteiger partial charge in [-0.25, -0.2) is 0 Å². The molecule has 0 saturated heterocycles. The van der Waals surface area contributed by atoms with Crippen molar-refractivity contribution in [3.05, 3.63) is 29.8 Å². The SMILES string of the molecule is C#CCC(O)C(C#N)c1cccc(OC)c1. The van der Waals surface area contributed by atoms with Crippen molar-refractivity contribution in [2.75, 3.05) is 7.11 Å². The lowest BCUT2D eigenvalue weighted by Gasteiger charge is -2.15. The molecule has 0 fully saturated rings. The summed E-state index contributed by atoms with van der Waals surface area (Å²) in [4.78, 5) is 0. The first-order chi connectivity index (χ1) is 7.72. The number of nitriles is 1. The molecule has 1 aromatic carbocycles. The van der Waals surface area contributed by atoms with E-state index in [1.54, 1.807) is 31.4 Å². The fourth-order valence-corrected chi connectivity index (χ4v) is 1.46. The van der Waals surface area contributed by atoms with Crippen LogP contribution in [0.25, 0.3) is 0 Å². The number of aliphatic hydroxyl groups is 1. The van der Waals surface area contributed by atoms with E-state index in [2.05, 4.69) is 12.0 Å². The molecule has 3 heteroatoms. The molecule has 1 aromatic rings. The summed E-state index contributed by atoms with van der Waals surface area (Å²) in [5.74, 6) is 2.39. The van der Waals surface area contributed by atoms with Gasteiger partial charge in [-0.15, -0.1) is 12.3 Å². The smallest absolute Gasteiger partial charge is 0.119 e. The van der Waals surface area contributed by atoms with Crippen molar-refractivity contribution in [3.63, 3.8) is 0 Å². The van der Waals surface area contributed by atoms with E-state index in [9.17, 15) is 5.11 Å². The Bertz CT molecular complexity index is 428. The number of methoxy groups -OCH3 is 1. The minimum Gasteiger partial charge on any atom is -0.497 e. The highest BCUT2D eigenvalue weighted by Crippen LogP contribution is 2.24. The maximum absolute atomic E-state index is 9.72. The molecule has 3 nitrogen and oxygen atoms in total. The average Bonchev–Trinajstić information content (AvgIpc) is 2.31. The van der Waals surface area contributed by atoms with Crippen LogP contribution in [0.4, 0.5) is 0 Å². The number of ether oxygens (including phenoxy) is 1. The normalized spacial score (nSPS) is 13.2. The Morgan fingerprint density at radius 1 is 1.56 bits per heavy atom. The molecule has 0 aliphatic carbocycles. The first-order valence-electron chi connectivity index (χ1n) is 4.88. The van der Waals surface area contributed by atoms with E-state index in [-0.39, 0.29) is 6.42 Å². The monoisotopic (exact) mass is 215 g/mol. The fraction of sp³-hybridized carbons (Fsp3) is 0.308. The van der Waals surface area contributed by atoms with Crippen LogP contribution in [0, 0.1) is 23.7 Å². The lowest BCUT2D eigenvalue weighted by molar-refractivity contribution is 0.167. The van der Waals surface area contributed by atoms with Crippen molar-refractivity contribution in [3.8, 4) is 24.2 Å². The highest BCUT2D eigenvalue weighted by molar-refractivity contribution is 5.34. The van der Waals surface area contributed by atoms with Crippen LogP contribution in [0.5, 0.6) is 5.75 Å². The molecule has 82 valence electrons. The number of aliphatic hydroxyl groups excluding tert-OH is 1. The van der Waals surface area contributed by atoms with E-state index < -0.39 is 12.0 Å². The Balaban J connectivity index is 2.96. The summed E-state index contributed by atoms with van der Waals surface area (Å²) < 4.78 is 5.06. The molecule has 0 aliphatic heterocycles. The zero-order valence-electron chi connectivity index (χ0n) is 9.05. The molecule has 0 radical (unpaired) electrons. The third-order valence-corrected chi connectivity index (χ3v) is 2.30. The van der Waals surface area contributed by atoms with Crippen LogP contribution in [0.3, 0.4) is 0 Å². The number of rotatable bonds is 4. The van der Waals surface area contributed by atoms with Crippen LogP contribution < -0.4 is 4.74 Å². The van der Waals surface area contributed by atoms with Crippen LogP contribution in [0.1, 0.15) is 17.9 Å². The number of hydrogen-bond donors (Lipinski definition) is 1. The summed E-state index contributed by atoms with van der Waals surface area (Å²) in [6.45, 7) is 0. The Labute approximate surface area is 95.3 Å². The minimum atomic E-state index is -0.845. The number of terminal acetylenes is 1. The first-order valence-corrected chi connectivity index (χ1v) is 4.88. The zero-order chi connectivity index (χ0) is 12.0. The van der Waals surface area contributed by atoms with Crippen molar-refractivity contribution in [2.24, 2.45) is 0 Å². The van der Waals surface area contributed by atoms with Gasteiger partial charge in [-0.05, 0) is 17.7 Å². The van der Waals surface area contributed by atoms with Crippen molar-refractivity contribution in [1.82, 2.24) is 0 Å². The number of hydrogen-bond acceptors (Lipinski definition) is 3. The molecular formula is C13H13NO2. The Morgan fingerprint density at radius 2 is 2.31 bits per heavy atom. The van der Waals surface area contributed by atoms with Gasteiger partial charge >= 0.3 is 0 Å². The van der Waals surface area contributed by atoms with Crippen LogP contribution >= 0.6 is 0 Å². The summed E-state index contributed by atoms with van der Waals surface area (Å²) in [5, 5.41) is 18.7. The summed E-state index contributed by atoms with van der Waals surface area (Å²) >= 11 is 0. The van der Waals surface area contributed by atoms with Crippen molar-refractivity contribution < 1.29 is 9.84 Å². The van der Waals surface area contributed by atoms with Gasteiger partial charge in [0.25, 0.3) is 0 Å². The van der Waals surface area contributed by atoms with Crippen molar-refractivity contribution >= 4 is 0 Å². The fourth-order valence-electron chi connectivity index (χ4n) is 1.46. The Hall–Kier alpha value is -1.97. The van der Waals surface area contributed by atoms with Gasteiger partial charge in [0, 0.05) is 6.42 Å². The molecule has 0 amide bonds. The first kappa shape index (κ1) is 12.1. The summed E-state index contributed by atoms with van der Waals surface area (Å²) in [5.41, 5.74) is 0.713. The minimum absolute atomic E-state index is 0.162. The molecule has 0 aliphatic rings. The van der Waals surface area contributed by atoms with E-state index in [0.29, 0.717) is 11.3 Å². The Kier molecular flexibility index (Phi) is 4.39. The molecule has 0 saturated carbocycles. The second-order valence-corrected chi connectivity index (χ2v) is 3.36. The Morgan fingerprint density at radius 3 is 2.88 bits per heavy atom. The average molecular weight is 215 g/mol. The molecule has 16 heavy (non-hydrogen) atoms. The quantitative estimate of drug-likeness (QED) is 0.777. The molecule has 0 heterocycles. The van der Waals surface area contributed by atoms with E-state index in [0.717, 1.165) is 0 Å². The van der Waals surface area contributed by atoms with Gasteiger partial charge in [0.05, 0.1) is 25.2 Å². The zero-order valence-corrected chi connectivity index (χ0v) is 9.05. The lowest BCUT2D eigenvalue weighted by Crippen LogP contribution is -2.16. The number of benzene rings is 1. The lowest BCUT2D eigenvalue weighted by atomic mass is 9.93. The van der Waals surface area contributed by atoms with Gasteiger partial charge in [0.15, 0.2) is 0 Å². The van der Waals surface area contributed by atoms with Gasteiger partial charge in [0.1, 0.15) is 5.75 Å². The van der Waals surface area contributed by atoms with Gasteiger partial charge in [-0.2, -0.15) is 5.26 Å². The highest BCUT2D eigenvalue weighted by atomic mass is 16.5. The maximum atomic E-state index is 9.72. The van der Waals surface area contributed by atoms with Crippen LogP contribution in [0.2, 0.25) is 0 Å². The largest absolute Gasteiger partial charge is 0.497 e. The molecule has 0 aromatic heterocycles. The third-order valence-electron chi connectivity index (χ3n) is 2.30. The molecule has 1 N–H and O–H groups in total. The van der Waals surface area contributed by atoms with Crippen LogP contribution in [-0.4, -0.2) is 18.3 Å². The van der Waals surface area contributed by atoms with E-state index in [1.165, 1.54) is 0 Å². The summed E-state index contributed by atoms with van der Waals surface area (Å²) in [6, 6.07) is 9.12. The molecule has 1 rings (SSSR count). The molecule has 0 bridgehead atoms. The third kappa shape index (κ3) is 2.76. The second-order valence-electron chi connectivity index (χ2n) is 3.36. The molecule has 0 spiro atoms. The number of nitrogens with zero attached hydrogens (tertiary/aromatic N) is 1. The summed E-state index contributed by atoms with van der Waals surface area (Å²) in [6.07, 6.45) is 4.43. The molecular weight excluding hydrogens is 202 g/mol. The predicted molar refractivity (Wildman–Crippen MR) is 60.8 cm³/mol. The second kappa shape index (κ2) is 5.80. The van der Waals surface area contributed by atoms with Gasteiger partial charge in [-0.1, -0.05) is 12.1 Å². The van der Waals surface area contributed by atoms with Crippen molar-refractivity contribution in [1.29, 1.82) is 5.26 Å². The predicted octanol–water partition coefficient (Wildman–Crippen LogP) is 1.69. The molecule has 2 unspecified atom stereocenters. The van der Waals surface area contributed by atoms with Gasteiger partial charge in [-0.3, -0.25) is 0 Å². The maximum Gasteiger partial charge on any atom is 0.119 e. The van der Waals surface area contributed by atoms with E-state index in [4.69, 9.17) is 16.4 Å². The van der Waals surface area contributed by atoms with E-state index in [1.807, 2.05) is 0 Å². The highest BCUT2D eigenvalue weighted by Gasteiger charge is 2.20. The van der Waals surface area contributed by atoms with E-state index >= 15 is 0 Å². The van der Waals surface area contributed by atoms with Crippen LogP contribution in [0.15, 0.2) is 24.3 Å². The van der Waals surface area contributed by atoms with Crippen LogP contribution in [-0.2, 0) is 0 Å². The standard InChI is InChI=1S/C13H13NO2/c1-3-5-13(15)12(9-14)10-6-4-7-11(8-10)16-2/h1,4,6-8,12-13,15H,5H2,2H3. The van der Waals surface area contributed by atoms with Crippen molar-refractivity contribution in [2.45, 2.75) is 18.4 Å². The molecule has 2 atom stereocenters. The van der Waals surface area contributed by atoms with Gasteiger partial charge < -0.3 is 9.84 Å². The summed E-state index contributed by atoms with van der Waals surface area (Å²) in [7, 11) is 1.55.